The number of nitrogens with one attached hydrogen (secondary N) is 1. The maximum Gasteiger partial charge on any atom is 0.305 e. The van der Waals surface area contributed by atoms with E-state index in [4.69, 9.17) is 4.74 Å². The minimum atomic E-state index is -0.671. The lowest BCUT2D eigenvalue weighted by molar-refractivity contribution is -0.143. The number of aliphatic hydroxyl groups excluding tert-OH is 2. The van der Waals surface area contributed by atoms with Gasteiger partial charge in [-0.1, -0.05) is 276 Å². The van der Waals surface area contributed by atoms with Crippen LogP contribution in [0.3, 0.4) is 0 Å². The van der Waals surface area contributed by atoms with E-state index in [-0.39, 0.29) is 18.5 Å². The van der Waals surface area contributed by atoms with Crippen molar-refractivity contribution in [2.24, 2.45) is 0 Å². The van der Waals surface area contributed by atoms with Gasteiger partial charge in [0.05, 0.1) is 25.4 Å². The molecule has 0 bridgehead atoms. The fourth-order valence-electron chi connectivity index (χ4n) is 9.50. The molecule has 0 radical (unpaired) electrons. The molecule has 0 saturated carbocycles. The molecule has 1 amide bonds. The number of hydrogen-bond acceptors (Lipinski definition) is 5. The summed E-state index contributed by atoms with van der Waals surface area (Å²) in [6, 6.07) is -0.549. The minimum absolute atomic E-state index is 0.00669. The van der Waals surface area contributed by atoms with E-state index in [1.807, 2.05) is 0 Å². The van der Waals surface area contributed by atoms with Gasteiger partial charge in [0.2, 0.25) is 5.91 Å². The number of rotatable bonds is 57. The molecule has 68 heavy (non-hydrogen) atoms. The maximum absolute atomic E-state index is 12.5. The van der Waals surface area contributed by atoms with Crippen LogP contribution in [0.25, 0.3) is 0 Å². The summed E-state index contributed by atoms with van der Waals surface area (Å²) in [6.07, 6.45) is 70.4. The molecular weight excluding hydrogens is 839 g/mol. The van der Waals surface area contributed by atoms with Gasteiger partial charge in [-0.2, -0.15) is 0 Å². The van der Waals surface area contributed by atoms with Crippen molar-refractivity contribution in [1.29, 1.82) is 0 Å². The van der Waals surface area contributed by atoms with Crippen LogP contribution in [0.15, 0.2) is 24.3 Å². The number of amides is 1. The van der Waals surface area contributed by atoms with Crippen LogP contribution in [0, 0.1) is 0 Å². The predicted molar refractivity (Wildman–Crippen MR) is 296 cm³/mol. The second-order valence-electron chi connectivity index (χ2n) is 21.0. The molecule has 0 spiro atoms. The summed E-state index contributed by atoms with van der Waals surface area (Å²) in [5, 5.41) is 23.4. The van der Waals surface area contributed by atoms with Crippen LogP contribution in [0.5, 0.6) is 0 Å². The topological polar surface area (TPSA) is 95.9 Å². The molecule has 0 aliphatic heterocycles. The number of unbranched alkanes of at least 4 members (excludes halogenated alkanes) is 42. The number of hydrogen-bond donors (Lipinski definition) is 3. The van der Waals surface area contributed by atoms with Crippen LogP contribution < -0.4 is 5.32 Å². The molecule has 0 fully saturated rings. The van der Waals surface area contributed by atoms with Crippen LogP contribution in [0.1, 0.15) is 335 Å². The third kappa shape index (κ3) is 53.7. The smallest absolute Gasteiger partial charge is 0.305 e. The largest absolute Gasteiger partial charge is 0.466 e. The molecule has 0 rings (SSSR count). The van der Waals surface area contributed by atoms with E-state index < -0.39 is 12.1 Å². The zero-order chi connectivity index (χ0) is 49.3. The predicted octanol–water partition coefficient (Wildman–Crippen LogP) is 19.0. The van der Waals surface area contributed by atoms with Gasteiger partial charge in [0.15, 0.2) is 0 Å². The lowest BCUT2D eigenvalue weighted by Gasteiger charge is -2.22. The summed E-state index contributed by atoms with van der Waals surface area (Å²) in [6.45, 7) is 4.92. The second-order valence-corrected chi connectivity index (χ2v) is 21.0. The van der Waals surface area contributed by atoms with Gasteiger partial charge in [-0.25, -0.2) is 0 Å². The summed E-state index contributed by atoms with van der Waals surface area (Å²) < 4.78 is 5.45. The first-order valence-electron chi connectivity index (χ1n) is 30.6. The summed E-state index contributed by atoms with van der Waals surface area (Å²) in [7, 11) is 0. The van der Waals surface area contributed by atoms with Crippen molar-refractivity contribution in [2.75, 3.05) is 13.2 Å². The number of aliphatic hydroxyl groups is 2. The molecule has 0 aromatic carbocycles. The Bertz CT molecular complexity index is 1060. The number of carbonyl (C=O) groups excluding carboxylic acids is 2. The normalized spacial score (nSPS) is 12.7. The van der Waals surface area contributed by atoms with Crippen molar-refractivity contribution in [2.45, 2.75) is 347 Å². The highest BCUT2D eigenvalue weighted by atomic mass is 16.5. The molecular formula is C62H119NO5. The van der Waals surface area contributed by atoms with E-state index in [9.17, 15) is 19.8 Å². The van der Waals surface area contributed by atoms with Crippen LogP contribution in [0.2, 0.25) is 0 Å². The van der Waals surface area contributed by atoms with Gasteiger partial charge < -0.3 is 20.3 Å². The average molecular weight is 959 g/mol. The quantitative estimate of drug-likeness (QED) is 0.0321. The standard InChI is InChI=1S/C62H119NO5/c1-3-5-7-9-11-13-15-16-17-18-19-20-22-25-28-31-35-38-42-46-50-54-60(65)59(58-64)63-61(66)55-51-47-43-39-36-32-29-26-23-21-24-27-30-33-37-41-45-49-53-57-68-62(67)56-52-48-44-40-34-14-12-10-8-6-4-2/h10,12,21,23,59-60,64-65H,3-9,11,13-20,22,24-58H2,1-2H3,(H,63,66)/b12-10-,23-21-. The summed E-state index contributed by atoms with van der Waals surface area (Å²) in [4.78, 5) is 24.5. The molecule has 3 N–H and O–H groups in total. The van der Waals surface area contributed by atoms with Gasteiger partial charge in [-0.3, -0.25) is 9.59 Å². The van der Waals surface area contributed by atoms with E-state index in [0.29, 0.717) is 25.9 Å². The van der Waals surface area contributed by atoms with E-state index in [0.717, 1.165) is 44.9 Å². The number of esters is 1. The third-order valence-corrected chi connectivity index (χ3v) is 14.2. The lowest BCUT2D eigenvalue weighted by atomic mass is 10.0. The van der Waals surface area contributed by atoms with Crippen LogP contribution >= 0.6 is 0 Å². The molecule has 402 valence electrons. The molecule has 0 saturated heterocycles. The van der Waals surface area contributed by atoms with Gasteiger partial charge in [-0.15, -0.1) is 0 Å². The molecule has 0 aliphatic rings. The second kappa shape index (κ2) is 57.9. The molecule has 2 atom stereocenters. The van der Waals surface area contributed by atoms with Gasteiger partial charge in [0.1, 0.15) is 0 Å². The monoisotopic (exact) mass is 958 g/mol. The van der Waals surface area contributed by atoms with Gasteiger partial charge in [0.25, 0.3) is 0 Å². The summed E-state index contributed by atoms with van der Waals surface area (Å²) >= 11 is 0. The Kier molecular flexibility index (Phi) is 56.5. The zero-order valence-corrected chi connectivity index (χ0v) is 45.9. The van der Waals surface area contributed by atoms with Crippen LogP contribution in [-0.2, 0) is 14.3 Å². The van der Waals surface area contributed by atoms with E-state index in [1.54, 1.807) is 0 Å². The Hall–Kier alpha value is -1.66. The fraction of sp³-hybridized carbons (Fsp3) is 0.903. The SMILES string of the molecule is CCCC/C=C\CCCCCCCC(=O)OCCCCCCCCCC/C=C\CCCCCCCCCC(=O)NC(CO)C(O)CCCCCCCCCCCCCCCCCCCCCCC. The zero-order valence-electron chi connectivity index (χ0n) is 45.9. The molecule has 0 heterocycles. The van der Waals surface area contributed by atoms with E-state index >= 15 is 0 Å². The Morgan fingerprint density at radius 2 is 0.706 bits per heavy atom. The number of allylic oxidation sites excluding steroid dienone is 4. The number of ether oxygens (including phenoxy) is 1. The van der Waals surface area contributed by atoms with Crippen molar-refractivity contribution in [3.63, 3.8) is 0 Å². The molecule has 0 aromatic heterocycles. The minimum Gasteiger partial charge on any atom is -0.466 e. The van der Waals surface area contributed by atoms with Gasteiger partial charge >= 0.3 is 5.97 Å². The Balaban J connectivity index is 3.45. The van der Waals surface area contributed by atoms with Crippen molar-refractivity contribution in [3.8, 4) is 0 Å². The first-order chi connectivity index (χ1) is 33.5. The Labute approximate surface area is 424 Å². The molecule has 2 unspecified atom stereocenters. The molecule has 6 nitrogen and oxygen atoms in total. The first kappa shape index (κ1) is 66.3. The Morgan fingerprint density at radius 3 is 1.09 bits per heavy atom. The van der Waals surface area contributed by atoms with Crippen molar-refractivity contribution < 1.29 is 24.5 Å². The van der Waals surface area contributed by atoms with Crippen LogP contribution in [0.4, 0.5) is 0 Å². The lowest BCUT2D eigenvalue weighted by Crippen LogP contribution is -2.45. The first-order valence-corrected chi connectivity index (χ1v) is 30.6. The van der Waals surface area contributed by atoms with E-state index in [1.165, 1.54) is 257 Å². The van der Waals surface area contributed by atoms with Crippen molar-refractivity contribution in [1.82, 2.24) is 5.32 Å². The van der Waals surface area contributed by atoms with Crippen molar-refractivity contribution in [3.05, 3.63) is 24.3 Å². The van der Waals surface area contributed by atoms with Crippen LogP contribution in [-0.4, -0.2) is 47.4 Å². The molecule has 6 heteroatoms. The average Bonchev–Trinajstić information content (AvgIpc) is 3.34. The molecule has 0 aromatic rings. The van der Waals surface area contributed by atoms with Crippen molar-refractivity contribution >= 4 is 11.9 Å². The van der Waals surface area contributed by atoms with E-state index in [2.05, 4.69) is 43.5 Å². The Morgan fingerprint density at radius 1 is 0.397 bits per heavy atom. The highest BCUT2D eigenvalue weighted by Gasteiger charge is 2.20. The summed E-state index contributed by atoms with van der Waals surface area (Å²) in [5.41, 5.74) is 0. The number of carbonyl (C=O) groups is 2. The third-order valence-electron chi connectivity index (χ3n) is 14.2. The van der Waals surface area contributed by atoms with Gasteiger partial charge in [-0.05, 0) is 70.6 Å². The maximum atomic E-state index is 12.5. The highest BCUT2D eigenvalue weighted by Crippen LogP contribution is 2.18. The summed E-state index contributed by atoms with van der Waals surface area (Å²) in [5.74, 6) is -0.0484. The molecule has 0 aliphatic carbocycles. The highest BCUT2D eigenvalue weighted by molar-refractivity contribution is 5.76. The van der Waals surface area contributed by atoms with Gasteiger partial charge in [0, 0.05) is 12.8 Å². The fourth-order valence-corrected chi connectivity index (χ4v) is 9.50.